The third-order valence-electron chi connectivity index (χ3n) is 2.23. The minimum absolute atomic E-state index is 0.0625. The van der Waals surface area contributed by atoms with E-state index in [0.29, 0.717) is 18.7 Å². The SMILES string of the molecule is COCC(CO)NC1CC(N)C1. The van der Waals surface area contributed by atoms with Gasteiger partial charge in [-0.15, -0.1) is 0 Å². The summed E-state index contributed by atoms with van der Waals surface area (Å²) in [5.41, 5.74) is 5.63. The van der Waals surface area contributed by atoms with E-state index in [9.17, 15) is 0 Å². The first-order chi connectivity index (χ1) is 5.76. The Kier molecular flexibility index (Phi) is 3.94. The van der Waals surface area contributed by atoms with Gasteiger partial charge < -0.3 is 20.9 Å². The van der Waals surface area contributed by atoms with Gasteiger partial charge >= 0.3 is 0 Å². The first kappa shape index (κ1) is 9.92. The van der Waals surface area contributed by atoms with Crippen LogP contribution < -0.4 is 11.1 Å². The predicted molar refractivity (Wildman–Crippen MR) is 46.9 cm³/mol. The molecule has 0 spiro atoms. The molecule has 1 fully saturated rings. The molecular weight excluding hydrogens is 156 g/mol. The van der Waals surface area contributed by atoms with Gasteiger partial charge in [-0.05, 0) is 12.8 Å². The van der Waals surface area contributed by atoms with Crippen LogP contribution in [-0.4, -0.2) is 43.6 Å². The van der Waals surface area contributed by atoms with Crippen LogP contribution in [0.2, 0.25) is 0 Å². The van der Waals surface area contributed by atoms with Crippen molar-refractivity contribution in [1.29, 1.82) is 0 Å². The summed E-state index contributed by atoms with van der Waals surface area (Å²) in [6.07, 6.45) is 2.03. The van der Waals surface area contributed by atoms with E-state index < -0.39 is 0 Å². The standard InChI is InChI=1S/C8H18N2O2/c1-12-5-8(4-11)10-7-2-6(9)3-7/h6-8,10-11H,2-5,9H2,1H3. The maximum absolute atomic E-state index is 8.92. The van der Waals surface area contributed by atoms with Crippen molar-refractivity contribution < 1.29 is 9.84 Å². The highest BCUT2D eigenvalue weighted by Crippen LogP contribution is 2.17. The summed E-state index contributed by atoms with van der Waals surface area (Å²) < 4.78 is 4.94. The summed E-state index contributed by atoms with van der Waals surface area (Å²) in [6.45, 7) is 0.682. The highest BCUT2D eigenvalue weighted by atomic mass is 16.5. The fourth-order valence-electron chi connectivity index (χ4n) is 1.49. The summed E-state index contributed by atoms with van der Waals surface area (Å²) in [5.74, 6) is 0. The fraction of sp³-hybridized carbons (Fsp3) is 1.00. The lowest BCUT2D eigenvalue weighted by Gasteiger charge is -2.35. The maximum Gasteiger partial charge on any atom is 0.0638 e. The number of hydrogen-bond donors (Lipinski definition) is 3. The lowest BCUT2D eigenvalue weighted by Crippen LogP contribution is -2.53. The van der Waals surface area contributed by atoms with E-state index in [0.717, 1.165) is 12.8 Å². The van der Waals surface area contributed by atoms with Gasteiger partial charge in [-0.25, -0.2) is 0 Å². The van der Waals surface area contributed by atoms with E-state index in [-0.39, 0.29) is 12.6 Å². The maximum atomic E-state index is 8.92. The molecule has 0 aromatic heterocycles. The quantitative estimate of drug-likeness (QED) is 0.504. The van der Waals surface area contributed by atoms with E-state index in [4.69, 9.17) is 15.6 Å². The lowest BCUT2D eigenvalue weighted by molar-refractivity contribution is 0.110. The first-order valence-electron chi connectivity index (χ1n) is 4.37. The summed E-state index contributed by atoms with van der Waals surface area (Å²) in [4.78, 5) is 0. The zero-order valence-corrected chi connectivity index (χ0v) is 7.49. The smallest absolute Gasteiger partial charge is 0.0638 e. The molecule has 1 aliphatic rings. The number of nitrogens with one attached hydrogen (secondary N) is 1. The molecular formula is C8H18N2O2. The van der Waals surface area contributed by atoms with Gasteiger partial charge in [-0.1, -0.05) is 0 Å². The molecule has 4 heteroatoms. The van der Waals surface area contributed by atoms with Crippen LogP contribution in [0, 0.1) is 0 Å². The fourth-order valence-corrected chi connectivity index (χ4v) is 1.49. The van der Waals surface area contributed by atoms with E-state index in [1.807, 2.05) is 0 Å². The Hall–Kier alpha value is -0.160. The molecule has 1 aliphatic carbocycles. The molecule has 1 rings (SSSR count). The van der Waals surface area contributed by atoms with E-state index in [2.05, 4.69) is 5.32 Å². The molecule has 0 aromatic rings. The van der Waals surface area contributed by atoms with Gasteiger partial charge in [0.25, 0.3) is 0 Å². The average molecular weight is 174 g/mol. The van der Waals surface area contributed by atoms with E-state index in [1.165, 1.54) is 0 Å². The van der Waals surface area contributed by atoms with Gasteiger partial charge in [-0.2, -0.15) is 0 Å². The predicted octanol–water partition coefficient (Wildman–Crippen LogP) is -0.927. The number of ether oxygens (including phenoxy) is 1. The molecule has 0 radical (unpaired) electrons. The minimum Gasteiger partial charge on any atom is -0.395 e. The number of nitrogens with two attached hydrogens (primary N) is 1. The highest BCUT2D eigenvalue weighted by molar-refractivity contribution is 4.89. The molecule has 0 aromatic carbocycles. The summed E-state index contributed by atoms with van der Waals surface area (Å²) in [7, 11) is 1.64. The molecule has 0 amide bonds. The Morgan fingerprint density at radius 1 is 1.67 bits per heavy atom. The topological polar surface area (TPSA) is 67.5 Å². The van der Waals surface area contributed by atoms with Crippen LogP contribution in [0.25, 0.3) is 0 Å². The third kappa shape index (κ3) is 2.71. The highest BCUT2D eigenvalue weighted by Gasteiger charge is 2.27. The number of hydrogen-bond acceptors (Lipinski definition) is 4. The molecule has 0 bridgehead atoms. The van der Waals surface area contributed by atoms with Crippen LogP contribution in [-0.2, 0) is 4.74 Å². The molecule has 0 saturated heterocycles. The Bertz CT molecular complexity index is 126. The second kappa shape index (κ2) is 4.77. The van der Waals surface area contributed by atoms with Crippen LogP contribution in [0.3, 0.4) is 0 Å². The third-order valence-corrected chi connectivity index (χ3v) is 2.23. The van der Waals surface area contributed by atoms with Gasteiger partial charge in [0.05, 0.1) is 19.3 Å². The second-order valence-corrected chi connectivity index (χ2v) is 3.43. The van der Waals surface area contributed by atoms with Crippen LogP contribution >= 0.6 is 0 Å². The largest absolute Gasteiger partial charge is 0.395 e. The van der Waals surface area contributed by atoms with Crippen molar-refractivity contribution in [3.63, 3.8) is 0 Å². The van der Waals surface area contributed by atoms with Gasteiger partial charge in [-0.3, -0.25) is 0 Å². The van der Waals surface area contributed by atoms with Gasteiger partial charge in [0.15, 0.2) is 0 Å². The van der Waals surface area contributed by atoms with Gasteiger partial charge in [0.1, 0.15) is 0 Å². The number of aliphatic hydroxyl groups is 1. The van der Waals surface area contributed by atoms with Gasteiger partial charge in [0, 0.05) is 19.2 Å². The van der Waals surface area contributed by atoms with Crippen molar-refractivity contribution in [1.82, 2.24) is 5.32 Å². The summed E-state index contributed by atoms with van der Waals surface area (Å²) in [5, 5.41) is 12.2. The van der Waals surface area contributed by atoms with Crippen molar-refractivity contribution >= 4 is 0 Å². The van der Waals surface area contributed by atoms with Crippen molar-refractivity contribution in [2.45, 2.75) is 31.0 Å². The van der Waals surface area contributed by atoms with Gasteiger partial charge in [0.2, 0.25) is 0 Å². The molecule has 1 unspecified atom stereocenters. The van der Waals surface area contributed by atoms with Crippen LogP contribution in [0.1, 0.15) is 12.8 Å². The minimum atomic E-state index is 0.0625. The average Bonchev–Trinajstić information content (AvgIpc) is 2.00. The van der Waals surface area contributed by atoms with E-state index in [1.54, 1.807) is 7.11 Å². The number of methoxy groups -OCH3 is 1. The molecule has 1 saturated carbocycles. The molecule has 12 heavy (non-hydrogen) atoms. The molecule has 0 heterocycles. The number of aliphatic hydroxyl groups excluding tert-OH is 1. The Morgan fingerprint density at radius 2 is 2.33 bits per heavy atom. The van der Waals surface area contributed by atoms with Crippen molar-refractivity contribution in [2.75, 3.05) is 20.3 Å². The molecule has 0 aliphatic heterocycles. The molecule has 1 atom stereocenters. The monoisotopic (exact) mass is 174 g/mol. The lowest BCUT2D eigenvalue weighted by atomic mass is 9.87. The zero-order chi connectivity index (χ0) is 8.97. The van der Waals surface area contributed by atoms with Crippen LogP contribution in [0.15, 0.2) is 0 Å². The Balaban J connectivity index is 2.10. The normalized spacial score (nSPS) is 31.2. The molecule has 4 nitrogen and oxygen atoms in total. The first-order valence-corrected chi connectivity index (χ1v) is 4.37. The summed E-state index contributed by atoms with van der Waals surface area (Å²) in [6, 6.07) is 0.893. The second-order valence-electron chi connectivity index (χ2n) is 3.43. The van der Waals surface area contributed by atoms with Crippen LogP contribution in [0.5, 0.6) is 0 Å². The Labute approximate surface area is 73.1 Å². The van der Waals surface area contributed by atoms with Crippen LogP contribution in [0.4, 0.5) is 0 Å². The number of rotatable bonds is 5. The Morgan fingerprint density at radius 3 is 2.75 bits per heavy atom. The zero-order valence-electron chi connectivity index (χ0n) is 7.49. The molecule has 4 N–H and O–H groups in total. The van der Waals surface area contributed by atoms with Crippen molar-refractivity contribution in [2.24, 2.45) is 5.73 Å². The van der Waals surface area contributed by atoms with Crippen molar-refractivity contribution in [3.05, 3.63) is 0 Å². The van der Waals surface area contributed by atoms with Crippen molar-refractivity contribution in [3.8, 4) is 0 Å². The summed E-state index contributed by atoms with van der Waals surface area (Å²) >= 11 is 0. The molecule has 72 valence electrons. The van der Waals surface area contributed by atoms with E-state index >= 15 is 0 Å².